The lowest BCUT2D eigenvalue weighted by atomic mass is 10.2. The highest BCUT2D eigenvalue weighted by Gasteiger charge is 2.22. The van der Waals surface area contributed by atoms with E-state index in [4.69, 9.17) is 4.74 Å². The van der Waals surface area contributed by atoms with Gasteiger partial charge in [-0.05, 0) is 30.7 Å². The Kier molecular flexibility index (Phi) is 6.14. The molecule has 2 aromatic rings. The first-order valence-electron chi connectivity index (χ1n) is 10.3. The molecule has 3 heterocycles. The van der Waals surface area contributed by atoms with Gasteiger partial charge in [0.2, 0.25) is 0 Å². The van der Waals surface area contributed by atoms with Crippen LogP contribution in [-0.4, -0.2) is 68.4 Å². The number of nitrogens with one attached hydrogen (secondary N) is 1. The summed E-state index contributed by atoms with van der Waals surface area (Å²) in [5.74, 6) is 0.945. The lowest BCUT2D eigenvalue weighted by molar-refractivity contribution is 0.122. The van der Waals surface area contributed by atoms with E-state index >= 15 is 0 Å². The monoisotopic (exact) mass is 395 g/mol. The summed E-state index contributed by atoms with van der Waals surface area (Å²) in [5.41, 5.74) is 3.53. The van der Waals surface area contributed by atoms with Crippen molar-refractivity contribution in [1.29, 1.82) is 0 Å². The zero-order valence-corrected chi connectivity index (χ0v) is 17.0. The van der Waals surface area contributed by atoms with Crippen molar-refractivity contribution in [2.24, 2.45) is 0 Å². The fourth-order valence-corrected chi connectivity index (χ4v) is 3.90. The Morgan fingerprint density at radius 3 is 2.59 bits per heavy atom. The second-order valence-corrected chi connectivity index (χ2v) is 7.56. The van der Waals surface area contributed by atoms with Gasteiger partial charge in [-0.2, -0.15) is 0 Å². The summed E-state index contributed by atoms with van der Waals surface area (Å²) in [6.07, 6.45) is 1.81. The zero-order chi connectivity index (χ0) is 20.1. The Morgan fingerprint density at radius 2 is 1.83 bits per heavy atom. The summed E-state index contributed by atoms with van der Waals surface area (Å²) in [4.78, 5) is 23.7. The Balaban J connectivity index is 1.31. The molecular weight excluding hydrogens is 366 g/mol. The van der Waals surface area contributed by atoms with Crippen LogP contribution in [0.1, 0.15) is 11.1 Å². The van der Waals surface area contributed by atoms with Crippen molar-refractivity contribution >= 4 is 17.5 Å². The van der Waals surface area contributed by atoms with Crippen molar-refractivity contribution in [3.05, 3.63) is 53.7 Å². The smallest absolute Gasteiger partial charge is 0.317 e. The zero-order valence-electron chi connectivity index (χ0n) is 17.0. The number of amides is 2. The molecule has 1 aromatic carbocycles. The van der Waals surface area contributed by atoms with Crippen LogP contribution < -0.4 is 15.1 Å². The Bertz CT molecular complexity index is 829. The molecule has 0 bridgehead atoms. The molecule has 1 N–H and O–H groups in total. The quantitative estimate of drug-likeness (QED) is 0.861. The Morgan fingerprint density at radius 1 is 1.03 bits per heavy atom. The maximum Gasteiger partial charge on any atom is 0.317 e. The molecule has 2 aliphatic heterocycles. The highest BCUT2D eigenvalue weighted by molar-refractivity contribution is 5.74. The Labute approximate surface area is 172 Å². The summed E-state index contributed by atoms with van der Waals surface area (Å²) in [6, 6.07) is 12.5. The summed E-state index contributed by atoms with van der Waals surface area (Å²) in [5, 5.41) is 3.08. The predicted octanol–water partition coefficient (Wildman–Crippen LogP) is 2.26. The van der Waals surface area contributed by atoms with Gasteiger partial charge in [-0.25, -0.2) is 9.78 Å². The molecule has 7 nitrogen and oxygen atoms in total. The van der Waals surface area contributed by atoms with Gasteiger partial charge in [0.15, 0.2) is 0 Å². The average molecular weight is 396 g/mol. The van der Waals surface area contributed by atoms with E-state index in [9.17, 15) is 4.79 Å². The van der Waals surface area contributed by atoms with Crippen LogP contribution in [0.25, 0.3) is 0 Å². The number of aromatic nitrogens is 1. The molecule has 2 aliphatic rings. The third kappa shape index (κ3) is 4.79. The van der Waals surface area contributed by atoms with E-state index in [1.54, 1.807) is 6.20 Å². The number of benzene rings is 1. The van der Waals surface area contributed by atoms with Crippen molar-refractivity contribution in [2.45, 2.75) is 13.5 Å². The van der Waals surface area contributed by atoms with Crippen LogP contribution in [-0.2, 0) is 11.3 Å². The van der Waals surface area contributed by atoms with Gasteiger partial charge in [-0.3, -0.25) is 0 Å². The highest BCUT2D eigenvalue weighted by atomic mass is 16.5. The normalized spacial score (nSPS) is 17.3. The van der Waals surface area contributed by atoms with Gasteiger partial charge in [-0.1, -0.05) is 18.2 Å². The predicted molar refractivity (Wildman–Crippen MR) is 114 cm³/mol. The van der Waals surface area contributed by atoms with E-state index in [0.29, 0.717) is 19.8 Å². The maximum absolute atomic E-state index is 12.7. The standard InChI is InChI=1S/C22H29N5O2/c1-18-4-2-6-20(16-18)25-8-10-27(11-9-25)22(28)24-17-19-5-3-7-23-21(19)26-12-14-29-15-13-26/h2-7,16H,8-15,17H2,1H3,(H,24,28). The number of carbonyl (C=O) groups is 1. The second kappa shape index (κ2) is 9.13. The van der Waals surface area contributed by atoms with Crippen LogP contribution in [0, 0.1) is 6.92 Å². The largest absolute Gasteiger partial charge is 0.378 e. The van der Waals surface area contributed by atoms with Gasteiger partial charge in [-0.15, -0.1) is 0 Å². The first-order valence-corrected chi connectivity index (χ1v) is 10.3. The van der Waals surface area contributed by atoms with E-state index in [1.807, 2.05) is 17.0 Å². The fourth-order valence-electron chi connectivity index (χ4n) is 3.90. The second-order valence-electron chi connectivity index (χ2n) is 7.56. The molecule has 2 saturated heterocycles. The van der Waals surface area contributed by atoms with E-state index in [0.717, 1.165) is 50.6 Å². The number of pyridine rings is 1. The van der Waals surface area contributed by atoms with Crippen LogP contribution in [0.2, 0.25) is 0 Å². The average Bonchev–Trinajstić information content (AvgIpc) is 2.78. The minimum atomic E-state index is -0.00864. The summed E-state index contributed by atoms with van der Waals surface area (Å²) in [6.45, 7) is 8.84. The fraction of sp³-hybridized carbons (Fsp3) is 0.455. The summed E-state index contributed by atoms with van der Waals surface area (Å²) in [7, 11) is 0. The van der Waals surface area contributed by atoms with Crippen LogP contribution in [0.4, 0.5) is 16.3 Å². The van der Waals surface area contributed by atoms with Crippen LogP contribution in [0.5, 0.6) is 0 Å². The number of morpholine rings is 1. The third-order valence-corrected chi connectivity index (χ3v) is 5.54. The molecule has 0 aliphatic carbocycles. The van der Waals surface area contributed by atoms with Crippen molar-refractivity contribution < 1.29 is 9.53 Å². The minimum absolute atomic E-state index is 0.00864. The number of piperazine rings is 1. The minimum Gasteiger partial charge on any atom is -0.378 e. The van der Waals surface area contributed by atoms with Crippen LogP contribution >= 0.6 is 0 Å². The van der Waals surface area contributed by atoms with Crippen molar-refractivity contribution in [1.82, 2.24) is 15.2 Å². The lowest BCUT2D eigenvalue weighted by Gasteiger charge is -2.36. The SMILES string of the molecule is Cc1cccc(N2CCN(C(=O)NCc3cccnc3N3CCOCC3)CC2)c1. The molecule has 7 heteroatoms. The lowest BCUT2D eigenvalue weighted by Crippen LogP contribution is -2.51. The molecule has 2 fully saturated rings. The molecule has 0 spiro atoms. The number of urea groups is 1. The summed E-state index contributed by atoms with van der Waals surface area (Å²) < 4.78 is 5.44. The van der Waals surface area contributed by atoms with Crippen molar-refractivity contribution in [3.8, 4) is 0 Å². The molecule has 1 aromatic heterocycles. The molecule has 0 radical (unpaired) electrons. The number of aryl methyl sites for hydroxylation is 1. The van der Waals surface area contributed by atoms with Crippen molar-refractivity contribution in [3.63, 3.8) is 0 Å². The molecular formula is C22H29N5O2. The van der Waals surface area contributed by atoms with E-state index in [2.05, 4.69) is 51.3 Å². The van der Waals surface area contributed by atoms with Gasteiger partial charge in [0.1, 0.15) is 5.82 Å². The maximum atomic E-state index is 12.7. The van der Waals surface area contributed by atoms with Gasteiger partial charge < -0.3 is 24.8 Å². The van der Waals surface area contributed by atoms with Gasteiger partial charge in [0, 0.05) is 63.3 Å². The molecule has 4 rings (SSSR count). The number of anilines is 2. The van der Waals surface area contributed by atoms with E-state index < -0.39 is 0 Å². The molecule has 154 valence electrons. The highest BCUT2D eigenvalue weighted by Crippen LogP contribution is 2.19. The number of hydrogen-bond acceptors (Lipinski definition) is 5. The topological polar surface area (TPSA) is 60.9 Å². The molecule has 2 amide bonds. The number of ether oxygens (including phenoxy) is 1. The van der Waals surface area contributed by atoms with Gasteiger partial charge >= 0.3 is 6.03 Å². The van der Waals surface area contributed by atoms with Gasteiger partial charge in [0.25, 0.3) is 0 Å². The molecule has 0 atom stereocenters. The van der Waals surface area contributed by atoms with Crippen molar-refractivity contribution in [2.75, 3.05) is 62.3 Å². The van der Waals surface area contributed by atoms with E-state index in [1.165, 1.54) is 11.3 Å². The van der Waals surface area contributed by atoms with Crippen LogP contribution in [0.3, 0.4) is 0 Å². The number of nitrogens with zero attached hydrogens (tertiary/aromatic N) is 4. The molecule has 29 heavy (non-hydrogen) atoms. The Hall–Kier alpha value is -2.80. The first-order chi connectivity index (χ1) is 14.2. The summed E-state index contributed by atoms with van der Waals surface area (Å²) >= 11 is 0. The first kappa shape index (κ1) is 19.5. The molecule has 0 saturated carbocycles. The van der Waals surface area contributed by atoms with E-state index in [-0.39, 0.29) is 6.03 Å². The van der Waals surface area contributed by atoms with Crippen LogP contribution in [0.15, 0.2) is 42.6 Å². The number of carbonyl (C=O) groups excluding carboxylic acids is 1. The third-order valence-electron chi connectivity index (χ3n) is 5.54. The number of hydrogen-bond donors (Lipinski definition) is 1. The number of rotatable bonds is 4. The molecule has 0 unspecified atom stereocenters. The van der Waals surface area contributed by atoms with Gasteiger partial charge in [0.05, 0.1) is 13.2 Å².